The van der Waals surface area contributed by atoms with Gasteiger partial charge in [-0.05, 0) is 35.7 Å². The maximum Gasteiger partial charge on any atom is 0.279 e. The van der Waals surface area contributed by atoms with Gasteiger partial charge in [0.1, 0.15) is 6.54 Å². The number of thiophene rings is 1. The highest BCUT2D eigenvalue weighted by Crippen LogP contribution is 2.30. The van der Waals surface area contributed by atoms with Gasteiger partial charge in [0, 0.05) is 11.4 Å². The second-order valence-electron chi connectivity index (χ2n) is 7.04. The van der Waals surface area contributed by atoms with Crippen LogP contribution < -0.4 is 20.3 Å². The molecule has 0 aliphatic rings. The fourth-order valence-electron chi connectivity index (χ4n) is 3.31. The fourth-order valence-corrected chi connectivity index (χ4v) is 4.28. The summed E-state index contributed by atoms with van der Waals surface area (Å²) in [5, 5.41) is 11.3. The molecule has 0 fully saturated rings. The Morgan fingerprint density at radius 1 is 1.06 bits per heavy atom. The van der Waals surface area contributed by atoms with E-state index in [0.29, 0.717) is 34.7 Å². The molecule has 0 saturated carbocycles. The Hall–Kier alpha value is -3.72. The van der Waals surface area contributed by atoms with Crippen molar-refractivity contribution in [1.82, 2.24) is 20.3 Å². The van der Waals surface area contributed by atoms with Crippen LogP contribution in [0.25, 0.3) is 20.7 Å². The molecule has 1 amide bonds. The van der Waals surface area contributed by atoms with Crippen molar-refractivity contribution in [2.45, 2.75) is 13.0 Å². The number of carbonyl (C=O) groups excluding carboxylic acids is 1. The number of hydrogen-bond acceptors (Lipinski definition) is 7. The summed E-state index contributed by atoms with van der Waals surface area (Å²) in [6, 6.07) is 17.2. The number of methoxy groups -OCH3 is 2. The van der Waals surface area contributed by atoms with Crippen LogP contribution in [0.3, 0.4) is 0 Å². The topological polar surface area (TPSA) is 95.3 Å². The van der Waals surface area contributed by atoms with Crippen LogP contribution in [-0.4, -0.2) is 41.7 Å². The van der Waals surface area contributed by atoms with E-state index in [-0.39, 0.29) is 18.0 Å². The SMILES string of the molecule is COc1ccc(CCNC(=O)Cn2nnc3sc(-c4ccccc4)cc3c2=O)cc1OC. The number of nitrogens with one attached hydrogen (secondary N) is 1. The molecule has 0 unspecified atom stereocenters. The highest BCUT2D eigenvalue weighted by molar-refractivity contribution is 7.21. The summed E-state index contributed by atoms with van der Waals surface area (Å²) in [6.07, 6.45) is 0.608. The van der Waals surface area contributed by atoms with Crippen molar-refractivity contribution in [3.05, 3.63) is 70.5 Å². The van der Waals surface area contributed by atoms with E-state index in [4.69, 9.17) is 9.47 Å². The van der Waals surface area contributed by atoms with Crippen LogP contribution in [0.1, 0.15) is 5.56 Å². The molecular formula is C23H22N4O4S. The smallest absolute Gasteiger partial charge is 0.279 e. The van der Waals surface area contributed by atoms with Gasteiger partial charge in [-0.1, -0.05) is 41.6 Å². The molecule has 0 aliphatic heterocycles. The van der Waals surface area contributed by atoms with Gasteiger partial charge in [0.15, 0.2) is 16.3 Å². The molecule has 9 heteroatoms. The van der Waals surface area contributed by atoms with Gasteiger partial charge in [-0.2, -0.15) is 0 Å². The third-order valence-corrected chi connectivity index (χ3v) is 6.02. The van der Waals surface area contributed by atoms with Gasteiger partial charge in [0.05, 0.1) is 19.6 Å². The molecule has 1 N–H and O–H groups in total. The van der Waals surface area contributed by atoms with Crippen molar-refractivity contribution in [3.8, 4) is 21.9 Å². The zero-order valence-electron chi connectivity index (χ0n) is 17.7. The van der Waals surface area contributed by atoms with Gasteiger partial charge < -0.3 is 14.8 Å². The molecule has 0 atom stereocenters. The summed E-state index contributed by atoms with van der Waals surface area (Å²) < 4.78 is 11.6. The summed E-state index contributed by atoms with van der Waals surface area (Å²) in [7, 11) is 3.16. The van der Waals surface area contributed by atoms with Crippen LogP contribution in [-0.2, 0) is 17.8 Å². The van der Waals surface area contributed by atoms with Crippen LogP contribution in [0.4, 0.5) is 0 Å². The molecule has 164 valence electrons. The first-order valence-corrected chi connectivity index (χ1v) is 10.8. The Bertz CT molecular complexity index is 1300. The molecular weight excluding hydrogens is 428 g/mol. The predicted octanol–water partition coefficient (Wildman–Crippen LogP) is 2.90. The zero-order chi connectivity index (χ0) is 22.5. The van der Waals surface area contributed by atoms with Crippen LogP contribution in [0, 0.1) is 0 Å². The number of amides is 1. The van der Waals surface area contributed by atoms with Crippen molar-refractivity contribution < 1.29 is 14.3 Å². The van der Waals surface area contributed by atoms with Crippen molar-refractivity contribution in [2.24, 2.45) is 0 Å². The summed E-state index contributed by atoms with van der Waals surface area (Å²) in [6.45, 7) is 0.222. The minimum Gasteiger partial charge on any atom is -0.493 e. The number of carbonyl (C=O) groups is 1. The number of nitrogens with zero attached hydrogens (tertiary/aromatic N) is 3. The third kappa shape index (κ3) is 4.62. The highest BCUT2D eigenvalue weighted by atomic mass is 32.1. The molecule has 8 nitrogen and oxygen atoms in total. The first-order chi connectivity index (χ1) is 15.6. The maximum absolute atomic E-state index is 12.8. The summed E-state index contributed by atoms with van der Waals surface area (Å²) in [5.74, 6) is 0.981. The Morgan fingerprint density at radius 3 is 2.59 bits per heavy atom. The van der Waals surface area contributed by atoms with Gasteiger partial charge in [0.2, 0.25) is 5.91 Å². The van der Waals surface area contributed by atoms with E-state index in [9.17, 15) is 9.59 Å². The second kappa shape index (κ2) is 9.61. The fraction of sp³-hybridized carbons (Fsp3) is 0.217. The molecule has 0 spiro atoms. The number of fused-ring (bicyclic) bond motifs is 1. The van der Waals surface area contributed by atoms with Crippen LogP contribution in [0.15, 0.2) is 59.4 Å². The monoisotopic (exact) mass is 450 g/mol. The second-order valence-corrected chi connectivity index (χ2v) is 8.07. The number of ether oxygens (including phenoxy) is 2. The Balaban J connectivity index is 1.40. The minimum atomic E-state index is -0.330. The van der Waals surface area contributed by atoms with Crippen LogP contribution >= 0.6 is 11.3 Å². The molecule has 2 aromatic carbocycles. The minimum absolute atomic E-state index is 0.190. The molecule has 0 radical (unpaired) electrons. The van der Waals surface area contributed by atoms with E-state index in [0.717, 1.165) is 20.7 Å². The average Bonchev–Trinajstić information content (AvgIpc) is 3.27. The number of benzene rings is 2. The molecule has 4 aromatic rings. The lowest BCUT2D eigenvalue weighted by molar-refractivity contribution is -0.121. The van der Waals surface area contributed by atoms with E-state index in [1.165, 1.54) is 11.3 Å². The highest BCUT2D eigenvalue weighted by Gasteiger charge is 2.13. The Kier molecular flexibility index (Phi) is 6.46. The normalized spacial score (nSPS) is 10.8. The number of aromatic nitrogens is 3. The van der Waals surface area contributed by atoms with Crippen molar-refractivity contribution in [1.29, 1.82) is 0 Å². The molecule has 2 heterocycles. The predicted molar refractivity (Wildman–Crippen MR) is 123 cm³/mol. The summed E-state index contributed by atoms with van der Waals surface area (Å²) >= 11 is 1.40. The zero-order valence-corrected chi connectivity index (χ0v) is 18.5. The van der Waals surface area contributed by atoms with E-state index >= 15 is 0 Å². The summed E-state index contributed by atoms with van der Waals surface area (Å²) in [4.78, 5) is 26.6. The molecule has 4 rings (SSSR count). The van der Waals surface area contributed by atoms with Crippen LogP contribution in [0.5, 0.6) is 11.5 Å². The van der Waals surface area contributed by atoms with Gasteiger partial charge in [-0.15, -0.1) is 16.4 Å². The number of rotatable bonds is 8. The van der Waals surface area contributed by atoms with E-state index in [2.05, 4.69) is 15.6 Å². The van der Waals surface area contributed by atoms with E-state index in [1.807, 2.05) is 48.5 Å². The summed E-state index contributed by atoms with van der Waals surface area (Å²) in [5.41, 5.74) is 1.67. The average molecular weight is 451 g/mol. The first-order valence-electron chi connectivity index (χ1n) is 9.99. The molecule has 2 aromatic heterocycles. The van der Waals surface area contributed by atoms with Crippen molar-refractivity contribution >= 4 is 27.5 Å². The van der Waals surface area contributed by atoms with Gasteiger partial charge in [-0.25, -0.2) is 4.68 Å². The lowest BCUT2D eigenvalue weighted by Gasteiger charge is -2.10. The lowest BCUT2D eigenvalue weighted by Crippen LogP contribution is -2.34. The third-order valence-electron chi connectivity index (χ3n) is 4.96. The van der Waals surface area contributed by atoms with Crippen molar-refractivity contribution in [2.75, 3.05) is 20.8 Å². The van der Waals surface area contributed by atoms with Crippen molar-refractivity contribution in [3.63, 3.8) is 0 Å². The lowest BCUT2D eigenvalue weighted by atomic mass is 10.1. The van der Waals surface area contributed by atoms with Gasteiger partial charge in [-0.3, -0.25) is 9.59 Å². The van der Waals surface area contributed by atoms with Gasteiger partial charge in [0.25, 0.3) is 5.56 Å². The van der Waals surface area contributed by atoms with Crippen LogP contribution in [0.2, 0.25) is 0 Å². The molecule has 0 aliphatic carbocycles. The van der Waals surface area contributed by atoms with E-state index in [1.54, 1.807) is 20.3 Å². The molecule has 0 saturated heterocycles. The molecule has 0 bridgehead atoms. The first kappa shape index (κ1) is 21.5. The number of hydrogen-bond donors (Lipinski definition) is 1. The molecule has 32 heavy (non-hydrogen) atoms. The standard InChI is InChI=1S/C23H22N4O4S/c1-30-18-9-8-15(12-19(18)31-2)10-11-24-21(28)14-27-23(29)17-13-20(32-22(17)25-26-27)16-6-4-3-5-7-16/h3-9,12-13H,10-11,14H2,1-2H3,(H,24,28). The largest absolute Gasteiger partial charge is 0.493 e. The van der Waals surface area contributed by atoms with E-state index < -0.39 is 0 Å². The quantitative estimate of drug-likeness (QED) is 0.444. The maximum atomic E-state index is 12.8. The Morgan fingerprint density at radius 2 is 1.84 bits per heavy atom. The Labute approximate surface area is 188 Å². The van der Waals surface area contributed by atoms with Gasteiger partial charge >= 0.3 is 0 Å².